The molecule has 1 aliphatic heterocycles. The third kappa shape index (κ3) is 1.88. The van der Waals surface area contributed by atoms with Crippen molar-refractivity contribution in [1.29, 1.82) is 0 Å². The Kier molecular flexibility index (Phi) is 3.94. The maximum atomic E-state index is 2.36. The van der Waals surface area contributed by atoms with Crippen LogP contribution >= 0.6 is 0 Å². The van der Waals surface area contributed by atoms with Crippen LogP contribution in [0.3, 0.4) is 0 Å². The van der Waals surface area contributed by atoms with Gasteiger partial charge < -0.3 is 0 Å². The maximum absolute atomic E-state index is 2.36. The number of hydrogen-bond acceptors (Lipinski definition) is 0. The Morgan fingerprint density at radius 1 is 1.50 bits per heavy atom. The molecule has 1 heterocycles. The molecule has 42 valence electrons. The summed E-state index contributed by atoms with van der Waals surface area (Å²) in [6.07, 6.45) is 4.42. The standard InChI is InChI=1S/C6H13B.Li.H/c1-6-4-3-5-7(6)2;;/h6H,3-5H2,1-2H3;;. The molecule has 2 heteroatoms. The van der Waals surface area contributed by atoms with Crippen LogP contribution in [0, 0.1) is 0 Å². The molecule has 0 aliphatic carbocycles. The van der Waals surface area contributed by atoms with Gasteiger partial charge in [0.15, 0.2) is 0 Å². The van der Waals surface area contributed by atoms with E-state index < -0.39 is 0 Å². The molecule has 1 unspecified atom stereocenters. The molecule has 1 fully saturated rings. The molecule has 1 atom stereocenters. The Morgan fingerprint density at radius 3 is 2.25 bits per heavy atom. The van der Waals surface area contributed by atoms with E-state index in [0.29, 0.717) is 0 Å². The van der Waals surface area contributed by atoms with Crippen molar-refractivity contribution in [3.63, 3.8) is 0 Å². The molecule has 0 saturated carbocycles. The van der Waals surface area contributed by atoms with Gasteiger partial charge in [-0.15, -0.1) is 0 Å². The van der Waals surface area contributed by atoms with Crippen molar-refractivity contribution in [3.8, 4) is 0 Å². The van der Waals surface area contributed by atoms with Crippen molar-refractivity contribution < 1.29 is 0 Å². The van der Waals surface area contributed by atoms with Gasteiger partial charge in [0.25, 0.3) is 0 Å². The summed E-state index contributed by atoms with van der Waals surface area (Å²) in [5.74, 6) is 1.01. The van der Waals surface area contributed by atoms with Gasteiger partial charge >= 0.3 is 18.9 Å². The molecule has 1 rings (SSSR count). The van der Waals surface area contributed by atoms with Crippen molar-refractivity contribution in [2.75, 3.05) is 0 Å². The van der Waals surface area contributed by atoms with E-state index in [1.165, 1.54) is 19.2 Å². The first-order valence-corrected chi connectivity index (χ1v) is 3.30. The monoisotopic (exact) mass is 104 g/mol. The van der Waals surface area contributed by atoms with E-state index in [1.54, 1.807) is 0 Å². The first kappa shape index (κ1) is 8.66. The van der Waals surface area contributed by atoms with E-state index in [9.17, 15) is 0 Å². The van der Waals surface area contributed by atoms with Crippen LogP contribution in [0.25, 0.3) is 0 Å². The second kappa shape index (κ2) is 3.64. The number of hydrogen-bond donors (Lipinski definition) is 0. The normalized spacial score (nSPS) is 27.8. The second-order valence-corrected chi connectivity index (χ2v) is 2.89. The Balaban J connectivity index is 0.000000490. The fourth-order valence-corrected chi connectivity index (χ4v) is 1.33. The van der Waals surface area contributed by atoms with E-state index in [-0.39, 0.29) is 18.9 Å². The average Bonchev–Trinajstić information content (AvgIpc) is 1.91. The van der Waals surface area contributed by atoms with Crippen molar-refractivity contribution in [1.82, 2.24) is 0 Å². The third-order valence-corrected chi connectivity index (χ3v) is 2.29. The molecule has 0 N–H and O–H groups in total. The fraction of sp³-hybridized carbons (Fsp3) is 1.00. The predicted octanol–water partition coefficient (Wildman–Crippen LogP) is 1.65. The van der Waals surface area contributed by atoms with Gasteiger partial charge in [-0.1, -0.05) is 38.7 Å². The van der Waals surface area contributed by atoms with E-state index >= 15 is 0 Å². The minimum atomic E-state index is 0. The SMILES string of the molecule is CB1CCCC1C.[LiH]. The summed E-state index contributed by atoms with van der Waals surface area (Å²) in [4.78, 5) is 0. The summed E-state index contributed by atoms with van der Waals surface area (Å²) in [7, 11) is 0. The van der Waals surface area contributed by atoms with Crippen molar-refractivity contribution >= 4 is 25.6 Å². The molecule has 0 amide bonds. The zero-order valence-electron chi connectivity index (χ0n) is 5.28. The number of rotatable bonds is 0. The van der Waals surface area contributed by atoms with Crippen molar-refractivity contribution in [2.24, 2.45) is 0 Å². The van der Waals surface area contributed by atoms with Crippen molar-refractivity contribution in [3.05, 3.63) is 0 Å². The minimum absolute atomic E-state index is 0. The molecule has 0 aromatic heterocycles. The van der Waals surface area contributed by atoms with Gasteiger partial charge in [0.05, 0.1) is 0 Å². The fourth-order valence-electron chi connectivity index (χ4n) is 1.33. The molecule has 8 heavy (non-hydrogen) atoms. The molecule has 0 radical (unpaired) electrons. The van der Waals surface area contributed by atoms with Gasteiger partial charge in [-0.2, -0.15) is 0 Å². The van der Waals surface area contributed by atoms with Gasteiger partial charge in [-0.3, -0.25) is 0 Å². The molecule has 0 spiro atoms. The van der Waals surface area contributed by atoms with Crippen LogP contribution in [0.2, 0.25) is 19.0 Å². The Morgan fingerprint density at radius 2 is 2.12 bits per heavy atom. The molecular formula is C6H14BLi. The van der Waals surface area contributed by atoms with Crippen LogP contribution in [0.4, 0.5) is 0 Å². The van der Waals surface area contributed by atoms with E-state index in [4.69, 9.17) is 0 Å². The van der Waals surface area contributed by atoms with Crippen LogP contribution in [-0.4, -0.2) is 25.6 Å². The van der Waals surface area contributed by atoms with Crippen LogP contribution in [0.15, 0.2) is 0 Å². The third-order valence-electron chi connectivity index (χ3n) is 2.29. The van der Waals surface area contributed by atoms with Gasteiger partial charge in [0.2, 0.25) is 0 Å². The van der Waals surface area contributed by atoms with Crippen molar-refractivity contribution in [2.45, 2.75) is 38.7 Å². The summed E-state index contributed by atoms with van der Waals surface area (Å²) in [5, 5.41) is 0. The molecule has 1 aliphatic rings. The first-order valence-electron chi connectivity index (χ1n) is 3.30. The Bertz CT molecular complexity index is 57.5. The quantitative estimate of drug-likeness (QED) is 0.410. The topological polar surface area (TPSA) is 0 Å². The average molecular weight is 104 g/mol. The zero-order chi connectivity index (χ0) is 5.28. The van der Waals surface area contributed by atoms with E-state index in [1.807, 2.05) is 0 Å². The molecule has 0 bridgehead atoms. The van der Waals surface area contributed by atoms with Crippen LogP contribution in [-0.2, 0) is 0 Å². The Hall–Kier alpha value is 0.662. The Labute approximate surface area is 64.7 Å². The van der Waals surface area contributed by atoms with Gasteiger partial charge in [0.1, 0.15) is 6.71 Å². The first-order chi connectivity index (χ1) is 3.30. The molecule has 0 aromatic carbocycles. The molecule has 1 saturated heterocycles. The van der Waals surface area contributed by atoms with Gasteiger partial charge in [-0.05, 0) is 0 Å². The second-order valence-electron chi connectivity index (χ2n) is 2.89. The summed E-state index contributed by atoms with van der Waals surface area (Å²) in [6, 6.07) is 0. The van der Waals surface area contributed by atoms with Crippen LogP contribution in [0.1, 0.15) is 19.8 Å². The molecule has 0 aromatic rings. The summed E-state index contributed by atoms with van der Waals surface area (Å²) >= 11 is 0. The summed E-state index contributed by atoms with van der Waals surface area (Å²) in [5.41, 5.74) is 0. The van der Waals surface area contributed by atoms with Gasteiger partial charge in [-0.25, -0.2) is 0 Å². The summed E-state index contributed by atoms with van der Waals surface area (Å²) in [6.45, 7) is 5.73. The predicted molar refractivity (Wildman–Crippen MR) is 42.2 cm³/mol. The van der Waals surface area contributed by atoms with E-state index in [2.05, 4.69) is 13.7 Å². The summed E-state index contributed by atoms with van der Waals surface area (Å²) < 4.78 is 0. The zero-order valence-corrected chi connectivity index (χ0v) is 5.28. The van der Waals surface area contributed by atoms with Crippen LogP contribution < -0.4 is 0 Å². The van der Waals surface area contributed by atoms with Crippen LogP contribution in [0.5, 0.6) is 0 Å². The van der Waals surface area contributed by atoms with E-state index in [0.717, 1.165) is 12.5 Å². The molecular weight excluding hydrogens is 89.8 g/mol. The molecule has 0 nitrogen and oxygen atoms in total. The van der Waals surface area contributed by atoms with Gasteiger partial charge in [0, 0.05) is 0 Å².